The number of nitrogens with zero attached hydrogens (tertiary/aromatic N) is 4. The van der Waals surface area contributed by atoms with Crippen molar-refractivity contribution in [1.29, 1.82) is 0 Å². The fourth-order valence-electron chi connectivity index (χ4n) is 6.38. The molecular weight excluding hydrogens is 637 g/mol. The zero-order valence-electron chi connectivity index (χ0n) is 29.5. The quantitative estimate of drug-likeness (QED) is 0.0432. The Kier molecular flexibility index (Phi) is 17.0. The normalized spacial score (nSPS) is 12.1. The van der Waals surface area contributed by atoms with E-state index >= 15 is 0 Å². The van der Waals surface area contributed by atoms with Crippen LogP contribution in [-0.4, -0.2) is 55.5 Å². The van der Waals surface area contributed by atoms with Crippen LogP contribution in [0, 0.1) is 0 Å². The summed E-state index contributed by atoms with van der Waals surface area (Å²) in [5.41, 5.74) is 8.35. The third-order valence-corrected chi connectivity index (χ3v) is 9.55. The van der Waals surface area contributed by atoms with E-state index in [0.717, 1.165) is 29.4 Å². The van der Waals surface area contributed by atoms with Crippen LogP contribution in [0.4, 0.5) is 5.82 Å². The fourth-order valence-corrected chi connectivity index (χ4v) is 6.74. The first-order chi connectivity index (χ1) is 23.9. The van der Waals surface area contributed by atoms with Crippen molar-refractivity contribution in [2.75, 3.05) is 31.9 Å². The zero-order chi connectivity index (χ0) is 34.7. The van der Waals surface area contributed by atoms with Gasteiger partial charge in [-0.1, -0.05) is 146 Å². The number of aromatic nitrogens is 4. The standard InChI is InChI=1S/C38H58N5O5P/c1-2-3-4-5-6-7-8-9-10-11-12-13-14-15-16-19-27-47-28-25-34-40-36(39)35-38(41-34)43(26-29-48-30-49(44,45)46)37(42-35)33-24-20-22-31-21-17-18-23-32(31)33/h17-18,20-24H,2-16,19,25-30H2,1H3,(H2,39,40,41)(H2,44,45,46). The maximum absolute atomic E-state index is 11.3. The van der Waals surface area contributed by atoms with Crippen molar-refractivity contribution in [2.24, 2.45) is 0 Å². The van der Waals surface area contributed by atoms with Crippen LogP contribution in [0.1, 0.15) is 115 Å². The number of unbranched alkanes of at least 4 members (excludes halogenated alkanes) is 15. The van der Waals surface area contributed by atoms with Crippen molar-refractivity contribution >= 4 is 35.3 Å². The minimum absolute atomic E-state index is 0.0655. The monoisotopic (exact) mass is 695 g/mol. The van der Waals surface area contributed by atoms with Gasteiger partial charge < -0.3 is 29.6 Å². The Bertz CT molecular complexity index is 1580. The topological polar surface area (TPSA) is 146 Å². The van der Waals surface area contributed by atoms with Gasteiger partial charge in [0.15, 0.2) is 17.0 Å². The first kappa shape index (κ1) is 38.9. The highest BCUT2D eigenvalue weighted by molar-refractivity contribution is 7.51. The molecule has 49 heavy (non-hydrogen) atoms. The van der Waals surface area contributed by atoms with E-state index in [-0.39, 0.29) is 19.0 Å². The van der Waals surface area contributed by atoms with E-state index in [9.17, 15) is 14.4 Å². The van der Waals surface area contributed by atoms with E-state index in [1.54, 1.807) is 0 Å². The highest BCUT2D eigenvalue weighted by atomic mass is 31.2. The third kappa shape index (κ3) is 13.4. The average Bonchev–Trinajstić information content (AvgIpc) is 3.45. The number of rotatable bonds is 26. The summed E-state index contributed by atoms with van der Waals surface area (Å²) in [6.45, 7) is 3.84. The first-order valence-corrected chi connectivity index (χ1v) is 20.4. The molecule has 0 radical (unpaired) electrons. The Morgan fingerprint density at radius 1 is 0.714 bits per heavy atom. The lowest BCUT2D eigenvalue weighted by atomic mass is 10.0. The molecule has 2 heterocycles. The van der Waals surface area contributed by atoms with Crippen LogP contribution in [0.2, 0.25) is 0 Å². The SMILES string of the molecule is CCCCCCCCCCCCCCCCCCOCCc1nc(N)c2nc(-c3cccc4ccccc34)n(CCOCP(=O)(O)O)c2n1. The summed E-state index contributed by atoms with van der Waals surface area (Å²) >= 11 is 0. The molecule has 2 aromatic heterocycles. The first-order valence-electron chi connectivity index (χ1n) is 18.6. The maximum Gasteiger partial charge on any atom is 0.350 e. The van der Waals surface area contributed by atoms with Gasteiger partial charge in [0, 0.05) is 25.1 Å². The predicted octanol–water partition coefficient (Wildman–Crippen LogP) is 9.20. The van der Waals surface area contributed by atoms with Crippen molar-refractivity contribution in [1.82, 2.24) is 19.5 Å². The van der Waals surface area contributed by atoms with Crippen LogP contribution in [-0.2, 0) is 27.0 Å². The molecule has 11 heteroatoms. The smallest absolute Gasteiger partial charge is 0.350 e. The summed E-state index contributed by atoms with van der Waals surface area (Å²) in [4.78, 5) is 32.7. The number of nitrogen functional groups attached to an aromatic ring is 1. The number of ether oxygens (including phenoxy) is 2. The molecule has 0 aliphatic carbocycles. The van der Waals surface area contributed by atoms with E-state index in [1.165, 1.54) is 96.3 Å². The minimum Gasteiger partial charge on any atom is -0.382 e. The molecule has 0 atom stereocenters. The lowest BCUT2D eigenvalue weighted by Gasteiger charge is -2.12. The number of fused-ring (bicyclic) bond motifs is 2. The molecule has 4 rings (SSSR count). The molecule has 4 N–H and O–H groups in total. The van der Waals surface area contributed by atoms with Crippen LogP contribution >= 0.6 is 7.60 Å². The summed E-state index contributed by atoms with van der Waals surface area (Å²) in [6, 6.07) is 14.1. The maximum atomic E-state index is 11.3. The van der Waals surface area contributed by atoms with E-state index in [1.807, 2.05) is 47.0 Å². The number of anilines is 1. The third-order valence-electron chi connectivity index (χ3n) is 9.03. The van der Waals surface area contributed by atoms with E-state index in [2.05, 4.69) is 11.9 Å². The second-order valence-electron chi connectivity index (χ2n) is 13.2. The Morgan fingerprint density at radius 3 is 1.98 bits per heavy atom. The predicted molar refractivity (Wildman–Crippen MR) is 200 cm³/mol. The minimum atomic E-state index is -4.28. The highest BCUT2D eigenvalue weighted by Gasteiger charge is 2.20. The van der Waals surface area contributed by atoms with Gasteiger partial charge in [0.25, 0.3) is 0 Å². The van der Waals surface area contributed by atoms with Crippen molar-refractivity contribution < 1.29 is 23.8 Å². The van der Waals surface area contributed by atoms with Gasteiger partial charge in [-0.25, -0.2) is 15.0 Å². The van der Waals surface area contributed by atoms with Gasteiger partial charge in [-0.2, -0.15) is 0 Å². The second-order valence-corrected chi connectivity index (χ2v) is 14.8. The molecule has 0 amide bonds. The molecule has 270 valence electrons. The van der Waals surface area contributed by atoms with Gasteiger partial charge in [-0.05, 0) is 17.2 Å². The molecule has 10 nitrogen and oxygen atoms in total. The van der Waals surface area contributed by atoms with E-state index in [0.29, 0.717) is 35.8 Å². The Morgan fingerprint density at radius 2 is 1.33 bits per heavy atom. The van der Waals surface area contributed by atoms with Crippen LogP contribution in [0.5, 0.6) is 0 Å². The molecule has 0 aliphatic rings. The van der Waals surface area contributed by atoms with Crippen LogP contribution < -0.4 is 5.73 Å². The molecule has 0 saturated heterocycles. The summed E-state index contributed by atoms with van der Waals surface area (Å²) in [5.74, 6) is 1.50. The molecule has 0 spiro atoms. The summed E-state index contributed by atoms with van der Waals surface area (Å²) < 4.78 is 24.5. The van der Waals surface area contributed by atoms with Crippen molar-refractivity contribution in [3.05, 3.63) is 48.3 Å². The van der Waals surface area contributed by atoms with Gasteiger partial charge in [0.05, 0.1) is 13.2 Å². The van der Waals surface area contributed by atoms with Crippen LogP contribution in [0.15, 0.2) is 42.5 Å². The molecule has 0 aliphatic heterocycles. The fraction of sp³-hybridized carbons (Fsp3) is 0.605. The molecular formula is C38H58N5O5P. The van der Waals surface area contributed by atoms with Gasteiger partial charge in [0.2, 0.25) is 0 Å². The molecule has 2 aromatic carbocycles. The van der Waals surface area contributed by atoms with Crippen molar-refractivity contribution in [3.63, 3.8) is 0 Å². The summed E-state index contributed by atoms with van der Waals surface area (Å²) in [5, 5.41) is 2.09. The molecule has 0 fully saturated rings. The number of imidazole rings is 1. The summed E-state index contributed by atoms with van der Waals surface area (Å²) in [7, 11) is -4.28. The number of hydrogen-bond acceptors (Lipinski definition) is 7. The number of hydrogen-bond donors (Lipinski definition) is 3. The number of nitrogens with two attached hydrogens (primary N) is 1. The van der Waals surface area contributed by atoms with Crippen molar-refractivity contribution in [2.45, 2.75) is 123 Å². The molecule has 0 saturated carbocycles. The van der Waals surface area contributed by atoms with Crippen LogP contribution in [0.25, 0.3) is 33.3 Å². The largest absolute Gasteiger partial charge is 0.382 e. The lowest BCUT2D eigenvalue weighted by molar-refractivity contribution is 0.131. The second kappa shape index (κ2) is 21.4. The number of benzene rings is 2. The Balaban J connectivity index is 1.21. The lowest BCUT2D eigenvalue weighted by Crippen LogP contribution is -2.11. The Hall–Kier alpha value is -2.88. The zero-order valence-corrected chi connectivity index (χ0v) is 30.4. The van der Waals surface area contributed by atoms with Crippen LogP contribution in [0.3, 0.4) is 0 Å². The van der Waals surface area contributed by atoms with Gasteiger partial charge in [0.1, 0.15) is 18.0 Å². The van der Waals surface area contributed by atoms with Gasteiger partial charge in [-0.15, -0.1) is 0 Å². The summed E-state index contributed by atoms with van der Waals surface area (Å²) in [6.07, 6.45) is 21.4. The highest BCUT2D eigenvalue weighted by Crippen LogP contribution is 2.34. The van der Waals surface area contributed by atoms with E-state index < -0.39 is 13.9 Å². The average molecular weight is 696 g/mol. The Labute approximate surface area is 292 Å². The van der Waals surface area contributed by atoms with Gasteiger partial charge >= 0.3 is 7.60 Å². The van der Waals surface area contributed by atoms with E-state index in [4.69, 9.17) is 25.2 Å². The van der Waals surface area contributed by atoms with Gasteiger partial charge in [-0.3, -0.25) is 4.57 Å². The van der Waals surface area contributed by atoms with Crippen molar-refractivity contribution in [3.8, 4) is 11.4 Å². The molecule has 0 unspecified atom stereocenters. The molecule has 0 bridgehead atoms. The molecule has 4 aromatic rings.